The zero-order valence-electron chi connectivity index (χ0n) is 13.0. The number of nitrogens with one attached hydrogen (secondary N) is 1. The molecule has 1 aromatic rings. The Morgan fingerprint density at radius 1 is 1.12 bits per heavy atom. The number of hydrogen-bond acceptors (Lipinski definition) is 5. The second kappa shape index (κ2) is 7.08. The maximum absolute atomic E-state index is 12.4. The van der Waals surface area contributed by atoms with E-state index in [1.165, 1.54) is 0 Å². The van der Waals surface area contributed by atoms with Crippen molar-refractivity contribution in [3.8, 4) is 17.2 Å². The van der Waals surface area contributed by atoms with Crippen LogP contribution in [0.3, 0.4) is 0 Å². The van der Waals surface area contributed by atoms with Gasteiger partial charge >= 0.3 is 12.1 Å². The zero-order chi connectivity index (χ0) is 18.8. The van der Waals surface area contributed by atoms with Gasteiger partial charge in [0.2, 0.25) is 0 Å². The molecule has 10 heteroatoms. The first-order chi connectivity index (χ1) is 11.6. The number of carbonyl (C=O) groups is 2. The van der Waals surface area contributed by atoms with Crippen molar-refractivity contribution in [2.75, 3.05) is 19.6 Å². The van der Waals surface area contributed by atoms with E-state index in [1.54, 1.807) is 0 Å². The van der Waals surface area contributed by atoms with Crippen LogP contribution in [0, 0.1) is 5.92 Å². The van der Waals surface area contributed by atoms with Gasteiger partial charge in [0.15, 0.2) is 17.2 Å². The van der Waals surface area contributed by atoms with Crippen LogP contribution >= 0.6 is 0 Å². The SMILES string of the molecule is O=C(NCC1CCN(C(=O)C(F)(F)F)CC1)c1cc(O)c(O)c(O)c1. The molecule has 2 rings (SSSR count). The number of alkyl halides is 3. The number of phenolic OH excluding ortho intramolecular Hbond substituents is 3. The average Bonchev–Trinajstić information content (AvgIpc) is 2.56. The largest absolute Gasteiger partial charge is 0.504 e. The smallest absolute Gasteiger partial charge is 0.471 e. The highest BCUT2D eigenvalue weighted by molar-refractivity contribution is 5.95. The predicted octanol–water partition coefficient (Wildman–Crippen LogP) is 1.33. The molecule has 1 aromatic carbocycles. The number of phenols is 3. The van der Waals surface area contributed by atoms with Crippen molar-refractivity contribution in [2.45, 2.75) is 19.0 Å². The van der Waals surface area contributed by atoms with Gasteiger partial charge in [-0.2, -0.15) is 13.2 Å². The Bertz CT molecular complexity index is 647. The average molecular weight is 362 g/mol. The molecule has 0 aliphatic carbocycles. The van der Waals surface area contributed by atoms with Crippen LogP contribution in [0.2, 0.25) is 0 Å². The van der Waals surface area contributed by atoms with E-state index in [-0.39, 0.29) is 31.1 Å². The van der Waals surface area contributed by atoms with Crippen LogP contribution in [0.5, 0.6) is 17.2 Å². The molecule has 0 unspecified atom stereocenters. The molecule has 0 aromatic heterocycles. The number of benzene rings is 1. The lowest BCUT2D eigenvalue weighted by molar-refractivity contribution is -0.186. The number of carbonyl (C=O) groups excluding carboxylic acids is 2. The van der Waals surface area contributed by atoms with Gasteiger partial charge in [0.1, 0.15) is 0 Å². The Morgan fingerprint density at radius 3 is 2.12 bits per heavy atom. The molecule has 0 spiro atoms. The standard InChI is InChI=1S/C15H17F3N2O5/c16-15(17,18)14(25)20-3-1-8(2-4-20)7-19-13(24)9-5-10(21)12(23)11(22)6-9/h5-6,8,21-23H,1-4,7H2,(H,19,24). The Balaban J connectivity index is 1.85. The van der Waals surface area contributed by atoms with Gasteiger partial charge in [-0.15, -0.1) is 0 Å². The first-order valence-electron chi connectivity index (χ1n) is 7.49. The zero-order valence-corrected chi connectivity index (χ0v) is 13.0. The van der Waals surface area contributed by atoms with Gasteiger partial charge in [0, 0.05) is 25.2 Å². The van der Waals surface area contributed by atoms with Crippen LogP contribution in [-0.4, -0.2) is 57.8 Å². The lowest BCUT2D eigenvalue weighted by atomic mass is 9.96. The summed E-state index contributed by atoms with van der Waals surface area (Å²) in [7, 11) is 0. The van der Waals surface area contributed by atoms with E-state index < -0.39 is 35.2 Å². The van der Waals surface area contributed by atoms with Crippen LogP contribution in [0.1, 0.15) is 23.2 Å². The summed E-state index contributed by atoms with van der Waals surface area (Å²) >= 11 is 0. The third kappa shape index (κ3) is 4.46. The molecular formula is C15H17F3N2O5. The fourth-order valence-electron chi connectivity index (χ4n) is 2.59. The predicted molar refractivity (Wildman–Crippen MR) is 79.1 cm³/mol. The fraction of sp³-hybridized carbons (Fsp3) is 0.467. The topological polar surface area (TPSA) is 110 Å². The summed E-state index contributed by atoms with van der Waals surface area (Å²) in [6.45, 7) is 0.0919. The summed E-state index contributed by atoms with van der Waals surface area (Å²) in [4.78, 5) is 23.9. The van der Waals surface area contributed by atoms with Gasteiger partial charge in [0.05, 0.1) is 0 Å². The molecule has 138 valence electrons. The van der Waals surface area contributed by atoms with Crippen LogP contribution in [0.15, 0.2) is 12.1 Å². The number of likely N-dealkylation sites (tertiary alicyclic amines) is 1. The molecule has 1 heterocycles. The minimum Gasteiger partial charge on any atom is -0.504 e. The highest BCUT2D eigenvalue weighted by Crippen LogP contribution is 2.35. The summed E-state index contributed by atoms with van der Waals surface area (Å²) in [5.41, 5.74) is -0.0718. The van der Waals surface area contributed by atoms with Crippen molar-refractivity contribution >= 4 is 11.8 Å². The molecule has 4 N–H and O–H groups in total. The number of piperidine rings is 1. The molecule has 7 nitrogen and oxygen atoms in total. The maximum Gasteiger partial charge on any atom is 0.471 e. The molecule has 1 aliphatic heterocycles. The van der Waals surface area contributed by atoms with Crippen molar-refractivity contribution < 1.29 is 38.1 Å². The van der Waals surface area contributed by atoms with E-state index in [9.17, 15) is 38.1 Å². The number of halogens is 3. The monoisotopic (exact) mass is 362 g/mol. The number of hydrogen-bond donors (Lipinski definition) is 4. The van der Waals surface area contributed by atoms with Crippen molar-refractivity contribution in [2.24, 2.45) is 5.92 Å². The lowest BCUT2D eigenvalue weighted by Gasteiger charge is -2.32. The highest BCUT2D eigenvalue weighted by atomic mass is 19.4. The normalized spacial score (nSPS) is 15.9. The number of aromatic hydroxyl groups is 3. The number of rotatable bonds is 3. The van der Waals surface area contributed by atoms with Gasteiger partial charge in [0.25, 0.3) is 5.91 Å². The second-order valence-electron chi connectivity index (χ2n) is 5.81. The fourth-order valence-corrected chi connectivity index (χ4v) is 2.59. The molecular weight excluding hydrogens is 345 g/mol. The Labute approximate surface area is 140 Å². The van der Waals surface area contributed by atoms with E-state index in [0.29, 0.717) is 12.8 Å². The molecule has 1 saturated heterocycles. The van der Waals surface area contributed by atoms with Gasteiger partial charge in [-0.25, -0.2) is 0 Å². The summed E-state index contributed by atoms with van der Waals surface area (Å²) < 4.78 is 37.1. The van der Waals surface area contributed by atoms with Crippen molar-refractivity contribution in [1.82, 2.24) is 10.2 Å². The number of nitrogens with zero attached hydrogens (tertiary/aromatic N) is 1. The Morgan fingerprint density at radius 2 is 1.64 bits per heavy atom. The van der Waals surface area contributed by atoms with Gasteiger partial charge in [-0.1, -0.05) is 0 Å². The van der Waals surface area contributed by atoms with Crippen molar-refractivity contribution in [3.63, 3.8) is 0 Å². The molecule has 0 radical (unpaired) electrons. The molecule has 1 fully saturated rings. The van der Waals surface area contributed by atoms with E-state index >= 15 is 0 Å². The van der Waals surface area contributed by atoms with Crippen LogP contribution in [0.25, 0.3) is 0 Å². The van der Waals surface area contributed by atoms with Crippen molar-refractivity contribution in [3.05, 3.63) is 17.7 Å². The number of amides is 2. The summed E-state index contributed by atoms with van der Waals surface area (Å²) in [6, 6.07) is 1.96. The van der Waals surface area contributed by atoms with E-state index in [0.717, 1.165) is 17.0 Å². The van der Waals surface area contributed by atoms with E-state index in [1.807, 2.05) is 0 Å². The van der Waals surface area contributed by atoms with Crippen molar-refractivity contribution in [1.29, 1.82) is 0 Å². The third-order valence-corrected chi connectivity index (χ3v) is 4.03. The molecule has 1 aliphatic rings. The third-order valence-electron chi connectivity index (χ3n) is 4.03. The summed E-state index contributed by atoms with van der Waals surface area (Å²) in [6.07, 6.45) is -4.26. The first-order valence-corrected chi connectivity index (χ1v) is 7.49. The molecule has 2 amide bonds. The molecule has 25 heavy (non-hydrogen) atoms. The second-order valence-corrected chi connectivity index (χ2v) is 5.81. The van der Waals surface area contributed by atoms with E-state index in [2.05, 4.69) is 5.32 Å². The lowest BCUT2D eigenvalue weighted by Crippen LogP contribution is -2.46. The van der Waals surface area contributed by atoms with Gasteiger partial charge in [-0.3, -0.25) is 9.59 Å². The summed E-state index contributed by atoms with van der Waals surface area (Å²) in [5, 5.41) is 30.5. The molecule has 0 atom stereocenters. The van der Waals surface area contributed by atoms with Gasteiger partial charge < -0.3 is 25.5 Å². The van der Waals surface area contributed by atoms with Gasteiger partial charge in [-0.05, 0) is 30.9 Å². The first kappa shape index (κ1) is 18.7. The molecule has 0 saturated carbocycles. The maximum atomic E-state index is 12.4. The van der Waals surface area contributed by atoms with E-state index in [4.69, 9.17) is 0 Å². The Kier molecular flexibility index (Phi) is 5.29. The Hall–Kier alpha value is -2.65. The minimum atomic E-state index is -4.88. The minimum absolute atomic E-state index is 0.0420. The van der Waals surface area contributed by atoms with Crippen LogP contribution in [0.4, 0.5) is 13.2 Å². The van der Waals surface area contributed by atoms with Crippen LogP contribution in [-0.2, 0) is 4.79 Å². The summed E-state index contributed by atoms with van der Waals surface area (Å²) in [5.74, 6) is -4.60. The highest BCUT2D eigenvalue weighted by Gasteiger charge is 2.43. The molecule has 0 bridgehead atoms. The quantitative estimate of drug-likeness (QED) is 0.607. The van der Waals surface area contributed by atoms with Crippen LogP contribution < -0.4 is 5.32 Å².